The number of hydrogen-bond acceptors (Lipinski definition) is 7. The Bertz CT molecular complexity index is 542. The third-order valence-electron chi connectivity index (χ3n) is 2.90. The molecule has 90 valence electrons. The van der Waals surface area contributed by atoms with Gasteiger partial charge in [0.05, 0.1) is 11.5 Å². The van der Waals surface area contributed by atoms with Gasteiger partial charge in [-0.05, 0) is 17.9 Å². The lowest BCUT2D eigenvalue weighted by Crippen LogP contribution is -2.23. The summed E-state index contributed by atoms with van der Waals surface area (Å²) in [6.45, 7) is 1.43. The zero-order chi connectivity index (χ0) is 11.8. The van der Waals surface area contributed by atoms with E-state index in [2.05, 4.69) is 20.3 Å². The summed E-state index contributed by atoms with van der Waals surface area (Å²) in [5.74, 6) is 6.63. The van der Waals surface area contributed by atoms with Crippen molar-refractivity contribution in [3.05, 3.63) is 11.4 Å². The van der Waals surface area contributed by atoms with Crippen molar-refractivity contribution in [1.29, 1.82) is 0 Å². The zero-order valence-corrected chi connectivity index (χ0v) is 9.94. The maximum Gasteiger partial charge on any atom is 0.240 e. The Morgan fingerprint density at radius 3 is 3.12 bits per heavy atom. The lowest BCUT2D eigenvalue weighted by molar-refractivity contribution is 0.198. The van der Waals surface area contributed by atoms with Crippen LogP contribution in [-0.2, 0) is 0 Å². The minimum atomic E-state index is -0.270. The van der Waals surface area contributed by atoms with Gasteiger partial charge in [0.15, 0.2) is 0 Å². The van der Waals surface area contributed by atoms with Gasteiger partial charge in [-0.25, -0.2) is 10.8 Å². The maximum atomic E-state index is 9.59. The molecular weight excluding hydrogens is 238 g/mol. The fourth-order valence-corrected chi connectivity index (χ4v) is 2.84. The van der Waals surface area contributed by atoms with Crippen molar-refractivity contribution in [1.82, 2.24) is 9.97 Å². The van der Waals surface area contributed by atoms with Crippen LogP contribution in [0, 0.1) is 0 Å². The number of anilines is 2. The Morgan fingerprint density at radius 1 is 1.53 bits per heavy atom. The average Bonchev–Trinajstić information content (AvgIpc) is 2.95. The van der Waals surface area contributed by atoms with Crippen molar-refractivity contribution in [2.24, 2.45) is 5.84 Å². The highest BCUT2D eigenvalue weighted by Gasteiger charge is 2.24. The highest BCUT2D eigenvalue weighted by Crippen LogP contribution is 2.30. The van der Waals surface area contributed by atoms with E-state index in [1.807, 2.05) is 11.4 Å². The topological polar surface area (TPSA) is 87.3 Å². The highest BCUT2D eigenvalue weighted by molar-refractivity contribution is 7.16. The van der Waals surface area contributed by atoms with Crippen LogP contribution in [-0.4, -0.2) is 34.3 Å². The highest BCUT2D eigenvalue weighted by atomic mass is 32.1. The van der Waals surface area contributed by atoms with Crippen LogP contribution in [0.1, 0.15) is 6.42 Å². The van der Waals surface area contributed by atoms with Crippen LogP contribution in [0.4, 0.5) is 11.8 Å². The number of aromatic nitrogens is 2. The largest absolute Gasteiger partial charge is 0.391 e. The number of rotatable bonds is 2. The lowest BCUT2D eigenvalue weighted by atomic mass is 10.3. The van der Waals surface area contributed by atoms with E-state index in [0.717, 1.165) is 29.0 Å². The summed E-state index contributed by atoms with van der Waals surface area (Å²) in [5, 5.41) is 12.6. The summed E-state index contributed by atoms with van der Waals surface area (Å²) in [7, 11) is 0. The smallest absolute Gasteiger partial charge is 0.240 e. The van der Waals surface area contributed by atoms with E-state index in [1.54, 1.807) is 11.3 Å². The van der Waals surface area contributed by atoms with Gasteiger partial charge >= 0.3 is 0 Å². The molecule has 2 aromatic rings. The molecule has 0 aliphatic carbocycles. The van der Waals surface area contributed by atoms with Crippen LogP contribution < -0.4 is 16.2 Å². The number of aliphatic hydroxyl groups excluding tert-OH is 1. The molecule has 1 fully saturated rings. The van der Waals surface area contributed by atoms with Crippen LogP contribution in [0.5, 0.6) is 0 Å². The van der Waals surface area contributed by atoms with Gasteiger partial charge in [-0.1, -0.05) is 0 Å². The molecule has 2 aromatic heterocycles. The van der Waals surface area contributed by atoms with Gasteiger partial charge in [0.25, 0.3) is 0 Å². The molecule has 1 aliphatic heterocycles. The number of nitrogens with zero attached hydrogens (tertiary/aromatic N) is 3. The van der Waals surface area contributed by atoms with Gasteiger partial charge < -0.3 is 10.0 Å². The van der Waals surface area contributed by atoms with Crippen molar-refractivity contribution < 1.29 is 5.11 Å². The molecule has 0 radical (unpaired) electrons. The number of nitrogens with one attached hydrogen (secondary N) is 1. The summed E-state index contributed by atoms with van der Waals surface area (Å²) in [6.07, 6.45) is 0.508. The fraction of sp³-hybridized carbons (Fsp3) is 0.400. The van der Waals surface area contributed by atoms with E-state index in [0.29, 0.717) is 12.5 Å². The van der Waals surface area contributed by atoms with Gasteiger partial charge in [0.2, 0.25) is 5.95 Å². The number of aliphatic hydroxyl groups is 1. The molecular formula is C10H13N5OS. The summed E-state index contributed by atoms with van der Waals surface area (Å²) in [5.41, 5.74) is 2.48. The van der Waals surface area contributed by atoms with Gasteiger partial charge in [-0.3, -0.25) is 5.43 Å². The third kappa shape index (κ3) is 1.82. The predicted molar refractivity (Wildman–Crippen MR) is 68.1 cm³/mol. The molecule has 0 saturated carbocycles. The van der Waals surface area contributed by atoms with Crippen LogP contribution in [0.2, 0.25) is 0 Å². The minimum absolute atomic E-state index is 0.270. The molecule has 0 amide bonds. The van der Waals surface area contributed by atoms with Gasteiger partial charge in [0, 0.05) is 13.1 Å². The molecule has 1 aliphatic rings. The first kappa shape index (κ1) is 10.7. The molecule has 7 heteroatoms. The molecule has 4 N–H and O–H groups in total. The van der Waals surface area contributed by atoms with Crippen LogP contribution in [0.25, 0.3) is 10.2 Å². The molecule has 1 saturated heterocycles. The number of nitrogens with two attached hydrogens (primary N) is 1. The van der Waals surface area contributed by atoms with Gasteiger partial charge in [0.1, 0.15) is 10.6 Å². The quantitative estimate of drug-likeness (QED) is 0.533. The maximum absolute atomic E-state index is 9.59. The second kappa shape index (κ2) is 4.10. The molecule has 1 atom stereocenters. The molecule has 0 aromatic carbocycles. The van der Waals surface area contributed by atoms with E-state index in [4.69, 9.17) is 5.84 Å². The van der Waals surface area contributed by atoms with E-state index in [9.17, 15) is 5.11 Å². The molecule has 3 heterocycles. The number of hydrazine groups is 1. The summed E-state index contributed by atoms with van der Waals surface area (Å²) >= 11 is 1.55. The van der Waals surface area contributed by atoms with Crippen molar-refractivity contribution in [3.8, 4) is 0 Å². The number of thiophene rings is 1. The van der Waals surface area contributed by atoms with Crippen molar-refractivity contribution >= 4 is 33.3 Å². The first-order valence-corrected chi connectivity index (χ1v) is 6.31. The summed E-state index contributed by atoms with van der Waals surface area (Å²) in [6, 6.07) is 2.00. The van der Waals surface area contributed by atoms with Gasteiger partial charge in [-0.15, -0.1) is 11.3 Å². The Morgan fingerprint density at radius 2 is 2.41 bits per heavy atom. The average molecular weight is 251 g/mol. The predicted octanol–water partition coefficient (Wildman–Crippen LogP) is 0.548. The fourth-order valence-electron chi connectivity index (χ4n) is 2.08. The minimum Gasteiger partial charge on any atom is -0.391 e. The Balaban J connectivity index is 2.10. The third-order valence-corrected chi connectivity index (χ3v) is 3.70. The molecule has 17 heavy (non-hydrogen) atoms. The SMILES string of the molecule is NNc1nc(N2CCC(O)C2)c2ccsc2n1. The summed E-state index contributed by atoms with van der Waals surface area (Å²) < 4.78 is 0. The Kier molecular flexibility index (Phi) is 2.58. The molecule has 0 spiro atoms. The number of fused-ring (bicyclic) bond motifs is 1. The van der Waals surface area contributed by atoms with Gasteiger partial charge in [-0.2, -0.15) is 4.98 Å². The Labute approximate surface area is 102 Å². The van der Waals surface area contributed by atoms with Crippen molar-refractivity contribution in [3.63, 3.8) is 0 Å². The normalized spacial score (nSPS) is 20.1. The summed E-state index contributed by atoms with van der Waals surface area (Å²) in [4.78, 5) is 11.6. The second-order valence-corrected chi connectivity index (χ2v) is 4.94. The van der Waals surface area contributed by atoms with E-state index < -0.39 is 0 Å². The van der Waals surface area contributed by atoms with Crippen molar-refractivity contribution in [2.45, 2.75) is 12.5 Å². The first-order chi connectivity index (χ1) is 8.28. The van der Waals surface area contributed by atoms with Crippen LogP contribution >= 0.6 is 11.3 Å². The monoisotopic (exact) mass is 251 g/mol. The zero-order valence-electron chi connectivity index (χ0n) is 9.13. The number of hydrogen-bond donors (Lipinski definition) is 3. The molecule has 6 nitrogen and oxygen atoms in total. The van der Waals surface area contributed by atoms with Crippen molar-refractivity contribution in [2.75, 3.05) is 23.4 Å². The van der Waals surface area contributed by atoms with Crippen LogP contribution in [0.15, 0.2) is 11.4 Å². The van der Waals surface area contributed by atoms with E-state index in [-0.39, 0.29) is 6.10 Å². The molecule has 3 rings (SSSR count). The number of β-amino-alcohol motifs (C(OH)–C–C–N with tert-alkyl or cyclic N) is 1. The standard InChI is InChI=1S/C10H13N5OS/c11-14-10-12-8(15-3-1-6(16)5-15)7-2-4-17-9(7)13-10/h2,4,6,16H,1,3,5,11H2,(H,12,13,14). The first-order valence-electron chi connectivity index (χ1n) is 5.43. The number of nitrogen functional groups attached to an aromatic ring is 1. The molecule has 0 bridgehead atoms. The van der Waals surface area contributed by atoms with E-state index >= 15 is 0 Å². The Hall–Kier alpha value is -1.44. The molecule has 1 unspecified atom stereocenters. The second-order valence-electron chi connectivity index (χ2n) is 4.04. The van der Waals surface area contributed by atoms with Crippen LogP contribution in [0.3, 0.4) is 0 Å². The lowest BCUT2D eigenvalue weighted by Gasteiger charge is -2.17. The van der Waals surface area contributed by atoms with E-state index in [1.165, 1.54) is 0 Å².